The smallest absolute Gasteiger partial charge is 0.184 e. The molecule has 1 aromatic heterocycles. The summed E-state index contributed by atoms with van der Waals surface area (Å²) in [6, 6.07) is 11.7. The van der Waals surface area contributed by atoms with Crippen LogP contribution in [0.15, 0.2) is 42.6 Å². The van der Waals surface area contributed by atoms with Gasteiger partial charge in [-0.1, -0.05) is 37.5 Å². The van der Waals surface area contributed by atoms with Gasteiger partial charge in [-0.25, -0.2) is 4.68 Å². The Balaban J connectivity index is 1.89. The number of aromatic nitrogens is 2. The number of Topliss-reactive ketones (excluding diaryl/α,β-unsaturated/α-hetero) is 1. The maximum atomic E-state index is 12.6. The molecule has 3 nitrogen and oxygen atoms in total. The number of hydrogen-bond donors (Lipinski definition) is 0. The number of rotatable bonds is 3. The van der Waals surface area contributed by atoms with E-state index in [1.165, 1.54) is 19.3 Å². The molecule has 0 saturated heterocycles. The summed E-state index contributed by atoms with van der Waals surface area (Å²) in [5, 5.41) is 4.30. The molecule has 1 aromatic carbocycles. The Morgan fingerprint density at radius 3 is 2.53 bits per heavy atom. The maximum Gasteiger partial charge on any atom is 0.184 e. The molecule has 1 aliphatic rings. The number of carbonyl (C=O) groups is 1. The molecule has 1 heterocycles. The lowest BCUT2D eigenvalue weighted by Crippen LogP contribution is -2.20. The lowest BCUT2D eigenvalue weighted by molar-refractivity contribution is 0.0881. The van der Waals surface area contributed by atoms with Gasteiger partial charge in [0.1, 0.15) is 5.69 Å². The van der Waals surface area contributed by atoms with Crippen LogP contribution in [0, 0.1) is 5.92 Å². The third-order valence-electron chi connectivity index (χ3n) is 3.87. The molecule has 1 saturated carbocycles. The Hall–Kier alpha value is -1.90. The van der Waals surface area contributed by atoms with Gasteiger partial charge in [0, 0.05) is 5.92 Å². The van der Waals surface area contributed by atoms with E-state index in [0.717, 1.165) is 24.2 Å². The summed E-state index contributed by atoms with van der Waals surface area (Å²) in [6.07, 6.45) is 7.38. The van der Waals surface area contributed by atoms with Crippen LogP contribution in [-0.2, 0) is 0 Å². The van der Waals surface area contributed by atoms with Crippen LogP contribution in [0.2, 0.25) is 0 Å². The van der Waals surface area contributed by atoms with E-state index in [4.69, 9.17) is 0 Å². The standard InChI is InChI=1S/C16H18N2O/c19-16(13-7-3-1-4-8-13)15-11-12-17-18(15)14-9-5-2-6-10-14/h2,5-6,9-13H,1,3-4,7-8H2. The van der Waals surface area contributed by atoms with Crippen molar-refractivity contribution in [3.8, 4) is 5.69 Å². The zero-order valence-electron chi connectivity index (χ0n) is 11.0. The molecule has 0 N–H and O–H groups in total. The zero-order chi connectivity index (χ0) is 13.1. The number of ketones is 1. The molecular weight excluding hydrogens is 236 g/mol. The van der Waals surface area contributed by atoms with Crippen LogP contribution in [-0.4, -0.2) is 15.6 Å². The molecule has 3 rings (SSSR count). The van der Waals surface area contributed by atoms with Crippen LogP contribution in [0.5, 0.6) is 0 Å². The molecule has 0 amide bonds. The van der Waals surface area contributed by atoms with E-state index < -0.39 is 0 Å². The number of hydrogen-bond acceptors (Lipinski definition) is 2. The SMILES string of the molecule is O=C(c1ccnn1-c1ccccc1)C1CCCCC1. The number of para-hydroxylation sites is 1. The summed E-state index contributed by atoms with van der Waals surface area (Å²) in [7, 11) is 0. The first-order valence-corrected chi connectivity index (χ1v) is 7.00. The highest BCUT2D eigenvalue weighted by molar-refractivity contribution is 5.96. The minimum Gasteiger partial charge on any atom is -0.292 e. The first-order chi connectivity index (χ1) is 9.36. The van der Waals surface area contributed by atoms with E-state index in [0.29, 0.717) is 0 Å². The molecule has 0 bridgehead atoms. The Bertz CT molecular complexity index is 553. The predicted molar refractivity (Wildman–Crippen MR) is 74.5 cm³/mol. The van der Waals surface area contributed by atoms with Gasteiger partial charge in [0.2, 0.25) is 0 Å². The molecule has 2 aromatic rings. The van der Waals surface area contributed by atoms with Gasteiger partial charge in [0.25, 0.3) is 0 Å². The van der Waals surface area contributed by atoms with Crippen LogP contribution >= 0.6 is 0 Å². The van der Waals surface area contributed by atoms with E-state index in [-0.39, 0.29) is 11.7 Å². The first-order valence-electron chi connectivity index (χ1n) is 7.00. The van der Waals surface area contributed by atoms with Crippen molar-refractivity contribution in [3.63, 3.8) is 0 Å². The number of benzene rings is 1. The van der Waals surface area contributed by atoms with Crippen LogP contribution in [0.1, 0.15) is 42.6 Å². The molecule has 1 aliphatic carbocycles. The van der Waals surface area contributed by atoms with Crippen molar-refractivity contribution in [2.24, 2.45) is 5.92 Å². The Labute approximate surface area is 113 Å². The Morgan fingerprint density at radius 1 is 1.05 bits per heavy atom. The minimum absolute atomic E-state index is 0.188. The highest BCUT2D eigenvalue weighted by Gasteiger charge is 2.25. The Morgan fingerprint density at radius 2 is 1.79 bits per heavy atom. The number of nitrogens with zero attached hydrogens (tertiary/aromatic N) is 2. The van der Waals surface area contributed by atoms with Gasteiger partial charge >= 0.3 is 0 Å². The zero-order valence-corrected chi connectivity index (χ0v) is 11.0. The summed E-state index contributed by atoms with van der Waals surface area (Å²) in [5.41, 5.74) is 1.67. The quantitative estimate of drug-likeness (QED) is 0.784. The molecule has 1 fully saturated rings. The van der Waals surface area contributed by atoms with Gasteiger partial charge in [0.05, 0.1) is 11.9 Å². The van der Waals surface area contributed by atoms with Crippen molar-refractivity contribution in [2.75, 3.05) is 0 Å². The van der Waals surface area contributed by atoms with Crippen molar-refractivity contribution >= 4 is 5.78 Å². The highest BCUT2D eigenvalue weighted by atomic mass is 16.1. The van der Waals surface area contributed by atoms with Gasteiger partial charge in [-0.15, -0.1) is 0 Å². The van der Waals surface area contributed by atoms with E-state index in [9.17, 15) is 4.79 Å². The lowest BCUT2D eigenvalue weighted by Gasteiger charge is -2.20. The summed E-state index contributed by atoms with van der Waals surface area (Å²) < 4.78 is 1.76. The fourth-order valence-corrected chi connectivity index (χ4v) is 2.84. The van der Waals surface area contributed by atoms with Crippen LogP contribution < -0.4 is 0 Å². The fourth-order valence-electron chi connectivity index (χ4n) is 2.84. The van der Waals surface area contributed by atoms with E-state index in [1.54, 1.807) is 10.9 Å². The van der Waals surface area contributed by atoms with Crippen molar-refractivity contribution in [1.82, 2.24) is 9.78 Å². The topological polar surface area (TPSA) is 34.9 Å². The van der Waals surface area contributed by atoms with Gasteiger partial charge in [0.15, 0.2) is 5.78 Å². The minimum atomic E-state index is 0.188. The summed E-state index contributed by atoms with van der Waals surface area (Å²) in [6.45, 7) is 0. The predicted octanol–water partition coefficient (Wildman–Crippen LogP) is 3.64. The second-order valence-corrected chi connectivity index (χ2v) is 5.16. The average molecular weight is 254 g/mol. The maximum absolute atomic E-state index is 12.6. The summed E-state index contributed by atoms with van der Waals surface area (Å²) in [5.74, 6) is 0.439. The normalized spacial score (nSPS) is 16.4. The lowest BCUT2D eigenvalue weighted by atomic mass is 9.85. The number of carbonyl (C=O) groups excluding carboxylic acids is 1. The summed E-state index contributed by atoms with van der Waals surface area (Å²) in [4.78, 5) is 12.6. The van der Waals surface area contributed by atoms with Gasteiger partial charge < -0.3 is 0 Å². The Kier molecular flexibility index (Phi) is 3.45. The molecule has 0 spiro atoms. The summed E-state index contributed by atoms with van der Waals surface area (Å²) >= 11 is 0. The van der Waals surface area contributed by atoms with Crippen molar-refractivity contribution in [2.45, 2.75) is 32.1 Å². The second kappa shape index (κ2) is 5.39. The highest BCUT2D eigenvalue weighted by Crippen LogP contribution is 2.27. The molecule has 0 aliphatic heterocycles. The third-order valence-corrected chi connectivity index (χ3v) is 3.87. The molecule has 3 heteroatoms. The monoisotopic (exact) mass is 254 g/mol. The third kappa shape index (κ3) is 2.46. The van der Waals surface area contributed by atoms with Crippen molar-refractivity contribution < 1.29 is 4.79 Å². The van der Waals surface area contributed by atoms with E-state index in [1.807, 2.05) is 36.4 Å². The first kappa shape index (κ1) is 12.2. The average Bonchev–Trinajstić information content (AvgIpc) is 2.98. The van der Waals surface area contributed by atoms with Crippen molar-refractivity contribution in [1.29, 1.82) is 0 Å². The molecule has 0 radical (unpaired) electrons. The molecule has 0 unspecified atom stereocenters. The largest absolute Gasteiger partial charge is 0.292 e. The molecule has 19 heavy (non-hydrogen) atoms. The van der Waals surface area contributed by atoms with Gasteiger partial charge in [-0.05, 0) is 31.0 Å². The molecule has 98 valence electrons. The van der Waals surface area contributed by atoms with E-state index >= 15 is 0 Å². The van der Waals surface area contributed by atoms with Crippen molar-refractivity contribution in [3.05, 3.63) is 48.3 Å². The van der Waals surface area contributed by atoms with Crippen LogP contribution in [0.4, 0.5) is 0 Å². The molecule has 0 atom stereocenters. The molecular formula is C16H18N2O. The second-order valence-electron chi connectivity index (χ2n) is 5.16. The van der Waals surface area contributed by atoms with E-state index in [2.05, 4.69) is 5.10 Å². The van der Waals surface area contributed by atoms with Crippen LogP contribution in [0.3, 0.4) is 0 Å². The van der Waals surface area contributed by atoms with Gasteiger partial charge in [-0.3, -0.25) is 4.79 Å². The fraction of sp³-hybridized carbons (Fsp3) is 0.375. The van der Waals surface area contributed by atoms with Gasteiger partial charge in [-0.2, -0.15) is 5.10 Å². The van der Waals surface area contributed by atoms with Crippen LogP contribution in [0.25, 0.3) is 5.69 Å².